The summed E-state index contributed by atoms with van der Waals surface area (Å²) in [5.74, 6) is 0.447. The van der Waals surface area contributed by atoms with Gasteiger partial charge in [0.2, 0.25) is 0 Å². The largest absolute Gasteiger partial charge is 0.493 e. The van der Waals surface area contributed by atoms with Gasteiger partial charge in [-0.2, -0.15) is 0 Å². The highest BCUT2D eigenvalue weighted by atomic mass is 79.9. The van der Waals surface area contributed by atoms with Crippen LogP contribution >= 0.6 is 39.9 Å². The molecular weight excluding hydrogens is 524 g/mol. The number of anilines is 1. The molecule has 0 atom stereocenters. The maximum absolute atomic E-state index is 12.5. The van der Waals surface area contributed by atoms with Crippen molar-refractivity contribution in [3.8, 4) is 11.5 Å². The number of carbonyl (C=O) groups is 2. The molecule has 0 spiro atoms. The molecule has 1 saturated heterocycles. The van der Waals surface area contributed by atoms with E-state index >= 15 is 0 Å². The molecule has 1 N–H and O–H groups in total. The van der Waals surface area contributed by atoms with Crippen molar-refractivity contribution in [3.05, 3.63) is 69.1 Å². The summed E-state index contributed by atoms with van der Waals surface area (Å²) in [5, 5.41) is 2.90. The molecule has 1 fully saturated rings. The number of nitrogens with zero attached hydrogens (tertiary/aromatic N) is 1. The highest BCUT2D eigenvalue weighted by Crippen LogP contribution is 2.34. The van der Waals surface area contributed by atoms with Crippen molar-refractivity contribution < 1.29 is 19.1 Å². The average Bonchev–Trinajstić information content (AvgIpc) is 3.02. The van der Waals surface area contributed by atoms with Gasteiger partial charge in [0.25, 0.3) is 11.8 Å². The van der Waals surface area contributed by atoms with Crippen LogP contribution < -0.4 is 14.8 Å². The van der Waals surface area contributed by atoms with Gasteiger partial charge in [-0.3, -0.25) is 14.5 Å². The minimum Gasteiger partial charge on any atom is -0.493 e. The predicted molar refractivity (Wildman–Crippen MR) is 141 cm³/mol. The van der Waals surface area contributed by atoms with E-state index in [9.17, 15) is 9.59 Å². The highest BCUT2D eigenvalue weighted by Gasteiger charge is 2.31. The summed E-state index contributed by atoms with van der Waals surface area (Å²) < 4.78 is 12.6. The molecule has 0 aromatic heterocycles. The van der Waals surface area contributed by atoms with Crippen molar-refractivity contribution in [1.82, 2.24) is 4.90 Å². The summed E-state index contributed by atoms with van der Waals surface area (Å²) >= 11 is 9.97. The Morgan fingerprint density at radius 2 is 1.94 bits per heavy atom. The molecule has 0 radical (unpaired) electrons. The Labute approximate surface area is 211 Å². The second-order valence-corrected chi connectivity index (χ2v) is 9.83. The third-order valence-corrected chi connectivity index (χ3v) is 6.63. The van der Waals surface area contributed by atoms with Crippen LogP contribution in [0.3, 0.4) is 0 Å². The zero-order valence-electron chi connectivity index (χ0n) is 18.4. The number of rotatable bonds is 8. The lowest BCUT2D eigenvalue weighted by Crippen LogP contribution is -2.27. The van der Waals surface area contributed by atoms with Gasteiger partial charge in [0, 0.05) is 16.7 Å². The summed E-state index contributed by atoms with van der Waals surface area (Å²) in [6.45, 7) is 7.72. The Balaban J connectivity index is 1.69. The van der Waals surface area contributed by atoms with E-state index in [4.69, 9.17) is 21.7 Å². The van der Waals surface area contributed by atoms with Crippen LogP contribution in [0.15, 0.2) is 52.4 Å². The quantitative estimate of drug-likeness (QED) is 0.268. The summed E-state index contributed by atoms with van der Waals surface area (Å²) in [4.78, 5) is 27.0. The fourth-order valence-electron chi connectivity index (χ4n) is 3.26. The Hall–Kier alpha value is -2.62. The molecule has 9 heteroatoms. The molecule has 2 aromatic carbocycles. The number of ether oxygens (including phenoxy) is 2. The van der Waals surface area contributed by atoms with Gasteiger partial charge < -0.3 is 14.8 Å². The van der Waals surface area contributed by atoms with Crippen LogP contribution in [-0.4, -0.2) is 41.3 Å². The van der Waals surface area contributed by atoms with Crippen molar-refractivity contribution in [3.63, 3.8) is 0 Å². The van der Waals surface area contributed by atoms with Crippen LogP contribution in [0, 0.1) is 13.8 Å². The van der Waals surface area contributed by atoms with E-state index in [0.29, 0.717) is 27.3 Å². The van der Waals surface area contributed by atoms with Crippen LogP contribution in [0.5, 0.6) is 11.5 Å². The van der Waals surface area contributed by atoms with E-state index in [1.54, 1.807) is 30.4 Å². The third-order valence-electron chi connectivity index (χ3n) is 4.79. The lowest BCUT2D eigenvalue weighted by atomic mass is 10.1. The summed E-state index contributed by atoms with van der Waals surface area (Å²) in [6, 6.07) is 9.13. The number of nitrogens with one attached hydrogen (secondary N) is 1. The van der Waals surface area contributed by atoms with Crippen molar-refractivity contribution in [1.29, 1.82) is 0 Å². The lowest BCUT2D eigenvalue weighted by Gasteiger charge is -2.14. The van der Waals surface area contributed by atoms with E-state index in [0.717, 1.165) is 26.9 Å². The van der Waals surface area contributed by atoms with Crippen molar-refractivity contribution in [2.45, 2.75) is 13.8 Å². The Morgan fingerprint density at radius 3 is 2.58 bits per heavy atom. The minimum atomic E-state index is -0.277. The average molecular weight is 547 g/mol. The molecular formula is C24H23BrN2O4S2. The van der Waals surface area contributed by atoms with Crippen LogP contribution in [0.25, 0.3) is 6.08 Å². The normalized spacial score (nSPS) is 14.5. The summed E-state index contributed by atoms with van der Waals surface area (Å²) in [7, 11) is 1.52. The zero-order chi connectivity index (χ0) is 24.1. The number of thiocarbonyl (C=S) groups is 1. The molecule has 1 heterocycles. The van der Waals surface area contributed by atoms with Crippen LogP contribution in [-0.2, 0) is 9.59 Å². The molecule has 2 aromatic rings. The van der Waals surface area contributed by atoms with Gasteiger partial charge >= 0.3 is 0 Å². The fraction of sp³-hybridized carbons (Fsp3) is 0.208. The number of amides is 2. The number of hydrogen-bond acceptors (Lipinski definition) is 6. The topological polar surface area (TPSA) is 67.9 Å². The number of methoxy groups -OCH3 is 1. The molecule has 1 aliphatic heterocycles. The van der Waals surface area contributed by atoms with Crippen molar-refractivity contribution >= 4 is 67.8 Å². The Kier molecular flexibility index (Phi) is 8.34. The van der Waals surface area contributed by atoms with Gasteiger partial charge in [-0.05, 0) is 60.9 Å². The Bertz CT molecular complexity index is 1140. The van der Waals surface area contributed by atoms with Gasteiger partial charge in [-0.15, -0.1) is 6.58 Å². The van der Waals surface area contributed by atoms with Gasteiger partial charge in [0.1, 0.15) is 4.32 Å². The van der Waals surface area contributed by atoms with Gasteiger partial charge in [0.15, 0.2) is 18.1 Å². The first-order valence-corrected chi connectivity index (χ1v) is 12.0. The molecule has 33 heavy (non-hydrogen) atoms. The molecule has 0 bridgehead atoms. The lowest BCUT2D eigenvalue weighted by molar-refractivity contribution is -0.121. The fourth-order valence-corrected chi connectivity index (χ4v) is 5.22. The number of carbonyl (C=O) groups excluding carboxylic acids is 2. The van der Waals surface area contributed by atoms with Crippen LogP contribution in [0.1, 0.15) is 16.7 Å². The molecule has 0 aliphatic carbocycles. The van der Waals surface area contributed by atoms with Gasteiger partial charge in [0.05, 0.1) is 12.0 Å². The smallest absolute Gasteiger partial charge is 0.266 e. The number of thioether (sulfide) groups is 1. The van der Waals surface area contributed by atoms with Crippen molar-refractivity contribution in [2.24, 2.45) is 0 Å². The highest BCUT2D eigenvalue weighted by molar-refractivity contribution is 9.10. The standard InChI is InChI=1S/C24H23BrN2O4S2/c1-5-8-27-23(29)20(33-24(27)32)12-16-6-7-18(19(11-16)30-4)31-13-21(28)26-22-14(2)9-17(25)10-15(22)3/h5-7,9-12H,1,8,13H2,2-4H3,(H,26,28)/b20-12-. The van der Waals surface area contributed by atoms with Gasteiger partial charge in [-0.25, -0.2) is 0 Å². The first kappa shape index (κ1) is 25.0. The molecule has 6 nitrogen and oxygen atoms in total. The van der Waals surface area contributed by atoms with E-state index in [1.807, 2.05) is 26.0 Å². The first-order chi connectivity index (χ1) is 15.7. The van der Waals surface area contributed by atoms with E-state index in [1.165, 1.54) is 23.8 Å². The molecule has 3 rings (SSSR count). The monoisotopic (exact) mass is 546 g/mol. The molecule has 1 aliphatic rings. The Morgan fingerprint density at radius 1 is 1.24 bits per heavy atom. The van der Waals surface area contributed by atoms with E-state index in [-0.39, 0.29) is 18.4 Å². The number of hydrogen-bond donors (Lipinski definition) is 1. The second kappa shape index (κ2) is 11.0. The minimum absolute atomic E-state index is 0.153. The summed E-state index contributed by atoms with van der Waals surface area (Å²) in [6.07, 6.45) is 3.39. The van der Waals surface area contributed by atoms with E-state index < -0.39 is 0 Å². The van der Waals surface area contributed by atoms with E-state index in [2.05, 4.69) is 27.8 Å². The summed E-state index contributed by atoms with van der Waals surface area (Å²) in [5.41, 5.74) is 3.43. The second-order valence-electron chi connectivity index (χ2n) is 7.24. The predicted octanol–water partition coefficient (Wildman–Crippen LogP) is 5.48. The molecule has 0 unspecified atom stereocenters. The SMILES string of the molecule is C=CCN1C(=O)/C(=C/c2ccc(OCC(=O)Nc3c(C)cc(Br)cc3C)c(OC)c2)SC1=S. The zero-order valence-corrected chi connectivity index (χ0v) is 21.7. The maximum Gasteiger partial charge on any atom is 0.266 e. The third kappa shape index (κ3) is 6.04. The van der Waals surface area contributed by atoms with Crippen LogP contribution in [0.4, 0.5) is 5.69 Å². The number of halogens is 1. The van der Waals surface area contributed by atoms with Crippen LogP contribution in [0.2, 0.25) is 0 Å². The molecule has 172 valence electrons. The molecule has 0 saturated carbocycles. The first-order valence-electron chi connectivity index (χ1n) is 9.97. The molecule has 2 amide bonds. The van der Waals surface area contributed by atoms with Crippen molar-refractivity contribution in [2.75, 3.05) is 25.6 Å². The number of aryl methyl sites for hydroxylation is 2. The maximum atomic E-state index is 12.5. The number of benzene rings is 2. The van der Waals surface area contributed by atoms with Gasteiger partial charge in [-0.1, -0.05) is 52.1 Å².